The third-order valence-electron chi connectivity index (χ3n) is 5.64. The number of amides is 2. The van der Waals surface area contributed by atoms with Crippen LogP contribution in [0.3, 0.4) is 0 Å². The minimum atomic E-state index is -4.78. The van der Waals surface area contributed by atoms with Gasteiger partial charge in [0.2, 0.25) is 0 Å². The van der Waals surface area contributed by atoms with Gasteiger partial charge in [-0.1, -0.05) is 48.0 Å². The third-order valence-corrected chi connectivity index (χ3v) is 5.86. The average Bonchev–Trinajstić information content (AvgIpc) is 2.84. The van der Waals surface area contributed by atoms with Gasteiger partial charge in [0, 0.05) is 23.9 Å². The van der Waals surface area contributed by atoms with Crippen LogP contribution in [0.1, 0.15) is 22.4 Å². The molecule has 4 rings (SSSR count). The van der Waals surface area contributed by atoms with Crippen molar-refractivity contribution in [1.82, 2.24) is 10.3 Å². The van der Waals surface area contributed by atoms with Crippen LogP contribution in [-0.2, 0) is 18.1 Å². The fourth-order valence-electron chi connectivity index (χ4n) is 3.98. The minimum Gasteiger partial charge on any atom is -0.322 e. The Morgan fingerprint density at radius 2 is 1.65 bits per heavy atom. The molecule has 0 spiro atoms. The number of nitrogens with one attached hydrogen (secondary N) is 2. The number of benzene rings is 3. The van der Waals surface area contributed by atoms with Crippen molar-refractivity contribution in [2.24, 2.45) is 0 Å². The largest absolute Gasteiger partial charge is 0.416 e. The molecule has 190 valence electrons. The summed E-state index contributed by atoms with van der Waals surface area (Å²) in [6, 6.07) is 17.4. The second kappa shape index (κ2) is 10.6. The van der Waals surface area contributed by atoms with Crippen LogP contribution in [0.25, 0.3) is 0 Å². The first-order chi connectivity index (χ1) is 17.6. The number of aromatic nitrogens is 1. The normalized spacial score (nSPS) is 13.0. The highest BCUT2D eigenvalue weighted by Gasteiger charge is 2.42. The zero-order valence-electron chi connectivity index (χ0n) is 19.0. The van der Waals surface area contributed by atoms with E-state index in [9.17, 15) is 22.4 Å². The second-order valence-electron chi connectivity index (χ2n) is 8.21. The van der Waals surface area contributed by atoms with E-state index in [2.05, 4.69) is 15.6 Å². The van der Waals surface area contributed by atoms with Crippen molar-refractivity contribution in [2.75, 3.05) is 5.32 Å². The Labute approximate surface area is 214 Å². The molecule has 2 amide bonds. The molecule has 37 heavy (non-hydrogen) atoms. The van der Waals surface area contributed by atoms with E-state index >= 15 is 4.39 Å². The van der Waals surface area contributed by atoms with E-state index in [0.717, 1.165) is 6.07 Å². The number of urea groups is 1. The lowest BCUT2D eigenvalue weighted by Gasteiger charge is -2.36. The van der Waals surface area contributed by atoms with Gasteiger partial charge in [0.05, 0.1) is 16.3 Å². The lowest BCUT2D eigenvalue weighted by molar-refractivity contribution is -0.137. The lowest BCUT2D eigenvalue weighted by Crippen LogP contribution is -2.51. The summed E-state index contributed by atoms with van der Waals surface area (Å²) in [5.74, 6) is -1.61. The van der Waals surface area contributed by atoms with Gasteiger partial charge in [0.25, 0.3) is 0 Å². The number of pyridine rings is 1. The number of hydrogen-bond donors (Lipinski definition) is 2. The molecule has 0 saturated heterocycles. The second-order valence-corrected chi connectivity index (χ2v) is 8.65. The Hall–Kier alpha value is -3.98. The van der Waals surface area contributed by atoms with Gasteiger partial charge < -0.3 is 10.6 Å². The highest BCUT2D eigenvalue weighted by Crippen LogP contribution is 2.38. The molecule has 1 aromatic heterocycles. The summed E-state index contributed by atoms with van der Waals surface area (Å²) in [4.78, 5) is 17.4. The average molecular weight is 532 g/mol. The number of carbonyl (C=O) groups excluding carboxylic acids is 1. The lowest BCUT2D eigenvalue weighted by atomic mass is 9.79. The molecule has 0 bridgehead atoms. The fourth-order valence-corrected chi connectivity index (χ4v) is 4.09. The highest BCUT2D eigenvalue weighted by molar-refractivity contribution is 6.30. The van der Waals surface area contributed by atoms with Gasteiger partial charge in [-0.2, -0.15) is 13.2 Å². The maximum Gasteiger partial charge on any atom is 0.416 e. The van der Waals surface area contributed by atoms with E-state index in [1.165, 1.54) is 36.5 Å². The molecule has 4 nitrogen and oxygen atoms in total. The summed E-state index contributed by atoms with van der Waals surface area (Å²) >= 11 is 5.99. The zero-order chi connectivity index (χ0) is 26.6. The van der Waals surface area contributed by atoms with Crippen LogP contribution in [0, 0.1) is 11.6 Å². The summed E-state index contributed by atoms with van der Waals surface area (Å²) in [6.07, 6.45) is -3.70. The highest BCUT2D eigenvalue weighted by atomic mass is 35.5. The monoisotopic (exact) mass is 531 g/mol. The minimum absolute atomic E-state index is 0.0355. The topological polar surface area (TPSA) is 54.0 Å². The Bertz CT molecular complexity index is 1400. The van der Waals surface area contributed by atoms with Gasteiger partial charge in [-0.15, -0.1) is 0 Å². The number of halogens is 6. The van der Waals surface area contributed by atoms with Crippen LogP contribution < -0.4 is 10.6 Å². The van der Waals surface area contributed by atoms with E-state index in [1.807, 2.05) is 0 Å². The molecule has 0 aliphatic rings. The molecule has 3 aromatic carbocycles. The quantitative estimate of drug-likeness (QED) is 0.256. The van der Waals surface area contributed by atoms with Gasteiger partial charge in [-0.3, -0.25) is 4.98 Å². The molecule has 1 heterocycles. The summed E-state index contributed by atoms with van der Waals surface area (Å²) in [6.45, 7) is 0. The first kappa shape index (κ1) is 26.1. The Morgan fingerprint density at radius 3 is 2.30 bits per heavy atom. The van der Waals surface area contributed by atoms with Crippen molar-refractivity contribution in [1.29, 1.82) is 0 Å². The molecule has 4 aromatic rings. The number of alkyl halides is 3. The molecular weight excluding hydrogens is 513 g/mol. The van der Waals surface area contributed by atoms with Crippen LogP contribution in [0.2, 0.25) is 5.02 Å². The van der Waals surface area contributed by atoms with E-state index in [-0.39, 0.29) is 22.8 Å². The molecule has 0 radical (unpaired) electrons. The van der Waals surface area contributed by atoms with Gasteiger partial charge in [0.15, 0.2) is 0 Å². The van der Waals surface area contributed by atoms with Gasteiger partial charge in [-0.25, -0.2) is 13.6 Å². The molecule has 1 atom stereocenters. The van der Waals surface area contributed by atoms with Gasteiger partial charge in [0.1, 0.15) is 17.2 Å². The van der Waals surface area contributed by atoms with Gasteiger partial charge in [-0.05, 0) is 54.1 Å². The molecule has 2 N–H and O–H groups in total. The van der Waals surface area contributed by atoms with Crippen molar-refractivity contribution in [2.45, 2.75) is 18.1 Å². The SMILES string of the molecule is O=C(Nc1cccc(F)c1)NC(Cc1ccccc1)(c1ccc(Cl)cn1)c1cc(C(F)(F)F)ccc1F. The number of rotatable bonds is 6. The van der Waals surface area contributed by atoms with Crippen LogP contribution >= 0.6 is 11.6 Å². The maximum atomic E-state index is 15.4. The standard InChI is InChI=1S/C27H19ClF5N3O/c28-19-10-12-24(34-16-19)26(15-17-5-2-1-3-6-17,22-13-18(27(31,32)33)9-11-23(22)30)36-25(37)35-21-8-4-7-20(29)14-21/h1-14,16H,15H2,(H2,35,36,37). The summed E-state index contributed by atoms with van der Waals surface area (Å²) in [5.41, 5.74) is -2.80. The summed E-state index contributed by atoms with van der Waals surface area (Å²) in [5, 5.41) is 5.31. The first-order valence-electron chi connectivity index (χ1n) is 10.9. The summed E-state index contributed by atoms with van der Waals surface area (Å²) < 4.78 is 70.1. The Kier molecular flexibility index (Phi) is 7.45. The molecule has 1 unspecified atom stereocenters. The number of carbonyl (C=O) groups is 1. The summed E-state index contributed by atoms with van der Waals surface area (Å²) in [7, 11) is 0. The fraction of sp³-hybridized carbons (Fsp3) is 0.111. The van der Waals surface area contributed by atoms with E-state index < -0.39 is 40.5 Å². The van der Waals surface area contributed by atoms with Crippen molar-refractivity contribution < 1.29 is 26.7 Å². The van der Waals surface area contributed by atoms with Gasteiger partial charge >= 0.3 is 12.2 Å². The van der Waals surface area contributed by atoms with Crippen molar-refractivity contribution in [3.8, 4) is 0 Å². The van der Waals surface area contributed by atoms with Crippen molar-refractivity contribution >= 4 is 23.3 Å². The molecule has 10 heteroatoms. The molecule has 0 fully saturated rings. The Morgan fingerprint density at radius 1 is 0.892 bits per heavy atom. The molecule has 0 aliphatic heterocycles. The Balaban J connectivity index is 1.92. The predicted octanol–water partition coefficient (Wildman–Crippen LogP) is 7.34. The first-order valence-corrected chi connectivity index (χ1v) is 11.3. The van der Waals surface area contributed by atoms with E-state index in [1.54, 1.807) is 30.3 Å². The number of nitrogens with zero attached hydrogens (tertiary/aromatic N) is 1. The maximum absolute atomic E-state index is 15.4. The smallest absolute Gasteiger partial charge is 0.322 e. The van der Waals surface area contributed by atoms with Crippen LogP contribution in [-0.4, -0.2) is 11.0 Å². The molecule has 0 aliphatic carbocycles. The van der Waals surface area contributed by atoms with Crippen molar-refractivity contribution in [3.05, 3.63) is 130 Å². The molecule has 0 saturated carbocycles. The van der Waals surface area contributed by atoms with E-state index in [4.69, 9.17) is 11.6 Å². The van der Waals surface area contributed by atoms with Crippen LogP contribution in [0.4, 0.5) is 32.4 Å². The number of hydrogen-bond acceptors (Lipinski definition) is 2. The van der Waals surface area contributed by atoms with Crippen molar-refractivity contribution in [3.63, 3.8) is 0 Å². The van der Waals surface area contributed by atoms with Crippen LogP contribution in [0.5, 0.6) is 0 Å². The number of anilines is 1. The molecular formula is C27H19ClF5N3O. The predicted molar refractivity (Wildman–Crippen MR) is 130 cm³/mol. The third kappa shape index (κ3) is 6.06. The van der Waals surface area contributed by atoms with E-state index in [0.29, 0.717) is 23.8 Å². The van der Waals surface area contributed by atoms with Crippen LogP contribution in [0.15, 0.2) is 91.1 Å². The zero-order valence-corrected chi connectivity index (χ0v) is 19.7.